The first kappa shape index (κ1) is 17.7. The molecule has 0 unspecified atom stereocenters. The summed E-state index contributed by atoms with van der Waals surface area (Å²) < 4.78 is 32.2. The topological polar surface area (TPSA) is 85.1 Å². The minimum atomic E-state index is -3.63. The zero-order chi connectivity index (χ0) is 17.9. The Balaban J connectivity index is 1.70. The van der Waals surface area contributed by atoms with E-state index in [0.717, 1.165) is 16.0 Å². The van der Waals surface area contributed by atoms with Gasteiger partial charge in [0.05, 0.1) is 11.4 Å². The molecule has 0 aliphatic rings. The van der Waals surface area contributed by atoms with Crippen LogP contribution in [0.4, 0.5) is 0 Å². The number of nitrogens with zero attached hydrogens (tertiary/aromatic N) is 2. The van der Waals surface area contributed by atoms with Gasteiger partial charge < -0.3 is 4.52 Å². The Morgan fingerprint density at radius 1 is 1.16 bits per heavy atom. The molecule has 1 aromatic heterocycles. The van der Waals surface area contributed by atoms with Crippen LogP contribution >= 0.6 is 11.8 Å². The molecule has 0 atom stereocenters. The van der Waals surface area contributed by atoms with Gasteiger partial charge in [0.1, 0.15) is 0 Å². The molecule has 0 amide bonds. The average molecular weight is 375 g/mol. The van der Waals surface area contributed by atoms with Crippen molar-refractivity contribution in [2.45, 2.75) is 23.3 Å². The molecule has 1 heterocycles. The van der Waals surface area contributed by atoms with Gasteiger partial charge in [-0.3, -0.25) is 0 Å². The highest BCUT2D eigenvalue weighted by Gasteiger charge is 2.16. The Morgan fingerprint density at radius 2 is 1.92 bits per heavy atom. The Bertz CT molecular complexity index is 967. The first-order valence-electron chi connectivity index (χ1n) is 7.51. The monoisotopic (exact) mass is 375 g/mol. The van der Waals surface area contributed by atoms with Crippen LogP contribution in [0.25, 0.3) is 11.4 Å². The molecule has 130 valence electrons. The summed E-state index contributed by atoms with van der Waals surface area (Å²) >= 11 is 1.55. The molecule has 0 aliphatic heterocycles. The highest BCUT2D eigenvalue weighted by molar-refractivity contribution is 7.98. The maximum absolute atomic E-state index is 12.3. The molecular formula is C17H17N3O3S2. The lowest BCUT2D eigenvalue weighted by Crippen LogP contribution is -2.23. The summed E-state index contributed by atoms with van der Waals surface area (Å²) in [7, 11) is -3.63. The smallest absolute Gasteiger partial charge is 0.242 e. The van der Waals surface area contributed by atoms with Gasteiger partial charge in [-0.05, 0) is 43.5 Å². The molecule has 0 saturated carbocycles. The maximum Gasteiger partial charge on any atom is 0.242 e. The van der Waals surface area contributed by atoms with E-state index in [1.165, 1.54) is 0 Å². The van der Waals surface area contributed by atoms with Crippen LogP contribution in [0, 0.1) is 6.92 Å². The normalized spacial score (nSPS) is 11.6. The number of hydrogen-bond donors (Lipinski definition) is 1. The number of sulfonamides is 1. The summed E-state index contributed by atoms with van der Waals surface area (Å²) in [6.07, 6.45) is 1.93. The highest BCUT2D eigenvalue weighted by Crippen LogP contribution is 2.19. The van der Waals surface area contributed by atoms with Gasteiger partial charge in [-0.1, -0.05) is 28.9 Å². The quantitative estimate of drug-likeness (QED) is 0.666. The third-order valence-electron chi connectivity index (χ3n) is 3.53. The van der Waals surface area contributed by atoms with Crippen LogP contribution in [0.3, 0.4) is 0 Å². The number of hydrogen-bond acceptors (Lipinski definition) is 6. The van der Waals surface area contributed by atoms with E-state index >= 15 is 0 Å². The molecule has 25 heavy (non-hydrogen) atoms. The van der Waals surface area contributed by atoms with E-state index in [2.05, 4.69) is 14.9 Å². The third kappa shape index (κ3) is 4.28. The molecule has 0 radical (unpaired) electrons. The second kappa shape index (κ2) is 7.38. The molecule has 0 spiro atoms. The SMILES string of the molecule is CSc1ccc(S(=O)(=O)NCc2nc(-c3cccc(C)c3)no2)cc1. The van der Waals surface area contributed by atoms with Crippen molar-refractivity contribution in [1.82, 2.24) is 14.9 Å². The van der Waals surface area contributed by atoms with Crippen LogP contribution < -0.4 is 4.72 Å². The van der Waals surface area contributed by atoms with Gasteiger partial charge in [0.25, 0.3) is 0 Å². The third-order valence-corrected chi connectivity index (χ3v) is 5.69. The van der Waals surface area contributed by atoms with E-state index in [4.69, 9.17) is 4.52 Å². The summed E-state index contributed by atoms with van der Waals surface area (Å²) in [4.78, 5) is 5.43. The largest absolute Gasteiger partial charge is 0.338 e. The Kier molecular flexibility index (Phi) is 5.22. The van der Waals surface area contributed by atoms with Gasteiger partial charge in [0.15, 0.2) is 0 Å². The van der Waals surface area contributed by atoms with Crippen LogP contribution in [0.15, 0.2) is 62.8 Å². The van der Waals surface area contributed by atoms with E-state index in [1.54, 1.807) is 36.0 Å². The molecule has 0 saturated heterocycles. The molecule has 0 aliphatic carbocycles. The van der Waals surface area contributed by atoms with Crippen LogP contribution in [0.2, 0.25) is 0 Å². The molecular weight excluding hydrogens is 358 g/mol. The van der Waals surface area contributed by atoms with Crippen molar-refractivity contribution < 1.29 is 12.9 Å². The molecule has 3 aromatic rings. The van der Waals surface area contributed by atoms with Gasteiger partial charge >= 0.3 is 0 Å². The van der Waals surface area contributed by atoms with E-state index < -0.39 is 10.0 Å². The molecule has 1 N–H and O–H groups in total. The van der Waals surface area contributed by atoms with Crippen molar-refractivity contribution in [3.8, 4) is 11.4 Å². The Hall–Kier alpha value is -2.16. The lowest BCUT2D eigenvalue weighted by Gasteiger charge is -2.05. The fraction of sp³-hybridized carbons (Fsp3) is 0.176. The molecule has 6 nitrogen and oxygen atoms in total. The van der Waals surface area contributed by atoms with Crippen molar-refractivity contribution in [2.75, 3.05) is 6.26 Å². The van der Waals surface area contributed by atoms with E-state index in [9.17, 15) is 8.42 Å². The summed E-state index contributed by atoms with van der Waals surface area (Å²) in [5.74, 6) is 0.642. The van der Waals surface area contributed by atoms with Crippen LogP contribution in [-0.2, 0) is 16.6 Å². The minimum absolute atomic E-state index is 0.0641. The van der Waals surface area contributed by atoms with Gasteiger partial charge in [-0.25, -0.2) is 13.1 Å². The minimum Gasteiger partial charge on any atom is -0.338 e. The number of benzene rings is 2. The van der Waals surface area contributed by atoms with Gasteiger partial charge in [0, 0.05) is 10.5 Å². The standard InChI is InChI=1S/C17H17N3O3S2/c1-12-4-3-5-13(10-12)17-19-16(23-20-17)11-18-25(21,22)15-8-6-14(24-2)7-9-15/h3-10,18H,11H2,1-2H3. The number of aryl methyl sites for hydroxylation is 1. The van der Waals surface area contributed by atoms with Crippen molar-refractivity contribution in [3.05, 3.63) is 60.0 Å². The zero-order valence-corrected chi connectivity index (χ0v) is 15.4. The Morgan fingerprint density at radius 3 is 2.60 bits per heavy atom. The summed E-state index contributed by atoms with van der Waals surface area (Å²) in [6.45, 7) is 1.91. The maximum atomic E-state index is 12.3. The number of thioether (sulfide) groups is 1. The van der Waals surface area contributed by atoms with E-state index in [0.29, 0.717) is 5.82 Å². The number of nitrogens with one attached hydrogen (secondary N) is 1. The first-order valence-corrected chi connectivity index (χ1v) is 10.2. The van der Waals surface area contributed by atoms with Gasteiger partial charge in [0.2, 0.25) is 21.7 Å². The number of rotatable bonds is 6. The summed E-state index contributed by atoms with van der Waals surface area (Å²) in [5.41, 5.74) is 1.91. The van der Waals surface area contributed by atoms with E-state index in [1.807, 2.05) is 37.4 Å². The van der Waals surface area contributed by atoms with Crippen molar-refractivity contribution in [1.29, 1.82) is 0 Å². The lowest BCUT2D eigenvalue weighted by atomic mass is 10.1. The van der Waals surface area contributed by atoms with Crippen LogP contribution in [-0.4, -0.2) is 24.8 Å². The van der Waals surface area contributed by atoms with Crippen LogP contribution in [0.1, 0.15) is 11.5 Å². The zero-order valence-electron chi connectivity index (χ0n) is 13.8. The average Bonchev–Trinajstić information content (AvgIpc) is 3.09. The second-order valence-corrected chi connectivity index (χ2v) is 8.03. The molecule has 0 fully saturated rings. The summed E-state index contributed by atoms with van der Waals surface area (Å²) in [5, 5.41) is 3.90. The predicted octanol–water partition coefficient (Wildman–Crippen LogP) is 3.25. The molecule has 3 rings (SSSR count). The lowest BCUT2D eigenvalue weighted by molar-refractivity contribution is 0.376. The molecule has 8 heteroatoms. The van der Waals surface area contributed by atoms with Gasteiger partial charge in [-0.2, -0.15) is 4.98 Å². The highest BCUT2D eigenvalue weighted by atomic mass is 32.2. The molecule has 2 aromatic carbocycles. The van der Waals surface area contributed by atoms with E-state index in [-0.39, 0.29) is 17.3 Å². The fourth-order valence-corrected chi connectivity index (χ4v) is 3.61. The number of aromatic nitrogens is 2. The van der Waals surface area contributed by atoms with Gasteiger partial charge in [-0.15, -0.1) is 11.8 Å². The van der Waals surface area contributed by atoms with Crippen LogP contribution in [0.5, 0.6) is 0 Å². The fourth-order valence-electron chi connectivity index (χ4n) is 2.22. The predicted molar refractivity (Wildman–Crippen MR) is 96.7 cm³/mol. The second-order valence-electron chi connectivity index (χ2n) is 5.38. The first-order chi connectivity index (χ1) is 12.0. The van der Waals surface area contributed by atoms with Crippen molar-refractivity contribution in [2.24, 2.45) is 0 Å². The van der Waals surface area contributed by atoms with Crippen molar-refractivity contribution >= 4 is 21.8 Å². The van der Waals surface area contributed by atoms with Crippen molar-refractivity contribution in [3.63, 3.8) is 0 Å². The molecule has 0 bridgehead atoms. The Labute approximate surface area is 150 Å². The summed E-state index contributed by atoms with van der Waals surface area (Å²) in [6, 6.07) is 14.4.